The van der Waals surface area contributed by atoms with Crippen LogP contribution >= 0.6 is 0 Å². The van der Waals surface area contributed by atoms with Crippen molar-refractivity contribution in [1.29, 1.82) is 0 Å². The van der Waals surface area contributed by atoms with Crippen LogP contribution in [0.15, 0.2) is 64.8 Å². The summed E-state index contributed by atoms with van der Waals surface area (Å²) in [6.07, 6.45) is 3.92. The molecule has 4 rings (SSSR count). The standard InChI is InChI=1S/C23H26O4/c1-15-12-16(2)23(14-27-22(24)18-8-5-4-6-9-18)13-26-21(20(15)17(23)3)19-10-7-11-25-19/h4-12,16-17,20-21H,13-14H2,1-3H3/t16-,17+,20-,21-,23+/m0/s1. The Hall–Kier alpha value is -2.33. The quantitative estimate of drug-likeness (QED) is 0.562. The van der Waals surface area contributed by atoms with Gasteiger partial charge in [-0.3, -0.25) is 0 Å². The van der Waals surface area contributed by atoms with Crippen LogP contribution in [-0.4, -0.2) is 19.2 Å². The molecule has 0 saturated carbocycles. The molecule has 4 nitrogen and oxygen atoms in total. The second-order valence-corrected chi connectivity index (χ2v) is 7.94. The highest BCUT2D eigenvalue weighted by atomic mass is 16.5. The van der Waals surface area contributed by atoms with Crippen molar-refractivity contribution in [3.8, 4) is 0 Å². The first kappa shape index (κ1) is 18.1. The van der Waals surface area contributed by atoms with E-state index in [0.717, 1.165) is 5.76 Å². The lowest BCUT2D eigenvalue weighted by molar-refractivity contribution is -0.170. The molecule has 0 unspecified atom stereocenters. The number of furan rings is 1. The third kappa shape index (κ3) is 3.02. The average Bonchev–Trinajstić information content (AvgIpc) is 3.20. The molecule has 2 aromatic rings. The monoisotopic (exact) mass is 366 g/mol. The van der Waals surface area contributed by atoms with Gasteiger partial charge < -0.3 is 13.9 Å². The van der Waals surface area contributed by atoms with Crippen molar-refractivity contribution < 1.29 is 18.7 Å². The van der Waals surface area contributed by atoms with Crippen LogP contribution < -0.4 is 0 Å². The zero-order valence-electron chi connectivity index (χ0n) is 16.1. The second-order valence-electron chi connectivity index (χ2n) is 7.94. The zero-order valence-corrected chi connectivity index (χ0v) is 16.1. The minimum Gasteiger partial charge on any atom is -0.467 e. The molecule has 0 spiro atoms. The normalized spacial score (nSPS) is 32.6. The highest BCUT2D eigenvalue weighted by molar-refractivity contribution is 5.89. The first-order valence-electron chi connectivity index (χ1n) is 9.58. The Bertz CT molecular complexity index is 823. The van der Waals surface area contributed by atoms with Gasteiger partial charge in [0.05, 0.1) is 18.4 Å². The van der Waals surface area contributed by atoms with Crippen LogP contribution in [0.3, 0.4) is 0 Å². The number of carbonyl (C=O) groups excluding carboxylic acids is 1. The number of fused-ring (bicyclic) bond motifs is 2. The van der Waals surface area contributed by atoms with E-state index in [1.807, 2.05) is 30.3 Å². The minimum atomic E-state index is -0.277. The minimum absolute atomic E-state index is 0.0864. The Kier molecular flexibility index (Phi) is 4.68. The maximum absolute atomic E-state index is 12.5. The van der Waals surface area contributed by atoms with Crippen molar-refractivity contribution in [2.75, 3.05) is 13.2 Å². The van der Waals surface area contributed by atoms with E-state index in [4.69, 9.17) is 13.9 Å². The molecule has 2 heterocycles. The fourth-order valence-corrected chi connectivity index (χ4v) is 4.82. The van der Waals surface area contributed by atoms with Gasteiger partial charge in [-0.25, -0.2) is 4.79 Å². The molecule has 2 aliphatic rings. The molecule has 0 N–H and O–H groups in total. The summed E-state index contributed by atoms with van der Waals surface area (Å²) < 4.78 is 17.7. The Morgan fingerprint density at radius 3 is 2.67 bits per heavy atom. The molecule has 27 heavy (non-hydrogen) atoms. The van der Waals surface area contributed by atoms with Gasteiger partial charge in [0, 0.05) is 11.3 Å². The second kappa shape index (κ2) is 7.01. The van der Waals surface area contributed by atoms with Crippen LogP contribution in [0, 0.1) is 23.2 Å². The lowest BCUT2D eigenvalue weighted by Gasteiger charge is -2.54. The lowest BCUT2D eigenvalue weighted by Crippen LogP contribution is -2.54. The maximum Gasteiger partial charge on any atom is 0.338 e. The summed E-state index contributed by atoms with van der Waals surface area (Å²) in [4.78, 5) is 12.5. The SMILES string of the molecule is CC1=C[C@H](C)[C@]2(COC(=O)c3ccccc3)CO[C@@H](c3ccco3)[C@@H]1[C@H]2C. The van der Waals surface area contributed by atoms with Gasteiger partial charge in [0.2, 0.25) is 0 Å². The highest BCUT2D eigenvalue weighted by Crippen LogP contribution is 2.56. The lowest BCUT2D eigenvalue weighted by atomic mass is 9.56. The molecule has 142 valence electrons. The van der Waals surface area contributed by atoms with E-state index in [2.05, 4.69) is 26.8 Å². The van der Waals surface area contributed by atoms with Crippen LogP contribution in [0.2, 0.25) is 0 Å². The third-order valence-electron chi connectivity index (χ3n) is 6.55. The van der Waals surface area contributed by atoms with Gasteiger partial charge in [-0.2, -0.15) is 0 Å². The number of benzene rings is 1. The van der Waals surface area contributed by atoms with Crippen molar-refractivity contribution in [2.45, 2.75) is 26.9 Å². The van der Waals surface area contributed by atoms with Gasteiger partial charge >= 0.3 is 5.97 Å². The Morgan fingerprint density at radius 1 is 1.19 bits per heavy atom. The highest BCUT2D eigenvalue weighted by Gasteiger charge is 2.55. The van der Waals surface area contributed by atoms with Gasteiger partial charge in [0.15, 0.2) is 0 Å². The number of hydrogen-bond donors (Lipinski definition) is 0. The molecule has 2 bridgehead atoms. The fraction of sp³-hybridized carbons (Fsp3) is 0.435. The number of esters is 1. The van der Waals surface area contributed by atoms with Gasteiger partial charge in [-0.1, -0.05) is 43.7 Å². The van der Waals surface area contributed by atoms with E-state index in [9.17, 15) is 4.79 Å². The van der Waals surface area contributed by atoms with Gasteiger partial charge in [-0.15, -0.1) is 0 Å². The summed E-state index contributed by atoms with van der Waals surface area (Å²) in [5, 5.41) is 0. The van der Waals surface area contributed by atoms with Gasteiger partial charge in [-0.05, 0) is 43.0 Å². The summed E-state index contributed by atoms with van der Waals surface area (Å²) in [6, 6.07) is 13.0. The van der Waals surface area contributed by atoms with E-state index in [0.29, 0.717) is 24.7 Å². The molecule has 0 amide bonds. The molecule has 1 aliphatic heterocycles. The van der Waals surface area contributed by atoms with E-state index in [-0.39, 0.29) is 29.3 Å². The predicted octanol–water partition coefficient (Wildman–Crippen LogP) is 5.04. The predicted molar refractivity (Wildman–Crippen MR) is 102 cm³/mol. The molecule has 4 heteroatoms. The van der Waals surface area contributed by atoms with Crippen molar-refractivity contribution in [3.63, 3.8) is 0 Å². The fourth-order valence-electron chi connectivity index (χ4n) is 4.82. The van der Waals surface area contributed by atoms with E-state index < -0.39 is 0 Å². The van der Waals surface area contributed by atoms with Crippen molar-refractivity contribution in [1.82, 2.24) is 0 Å². The molecular formula is C23H26O4. The smallest absolute Gasteiger partial charge is 0.338 e. The van der Waals surface area contributed by atoms with Crippen LogP contribution in [0.25, 0.3) is 0 Å². The number of allylic oxidation sites excluding steroid dienone is 1. The summed E-state index contributed by atoms with van der Waals surface area (Å²) >= 11 is 0. The molecule has 1 saturated heterocycles. The average molecular weight is 366 g/mol. The molecule has 1 aromatic carbocycles. The largest absolute Gasteiger partial charge is 0.467 e. The summed E-state index contributed by atoms with van der Waals surface area (Å²) in [6.45, 7) is 7.52. The van der Waals surface area contributed by atoms with E-state index >= 15 is 0 Å². The Balaban J connectivity index is 1.58. The van der Waals surface area contributed by atoms with Gasteiger partial charge in [0.25, 0.3) is 0 Å². The van der Waals surface area contributed by atoms with Crippen molar-refractivity contribution >= 4 is 5.97 Å². The van der Waals surface area contributed by atoms with E-state index in [1.165, 1.54) is 5.57 Å². The first-order chi connectivity index (χ1) is 13.0. The van der Waals surface area contributed by atoms with Crippen LogP contribution in [0.5, 0.6) is 0 Å². The first-order valence-corrected chi connectivity index (χ1v) is 9.58. The maximum atomic E-state index is 12.5. The zero-order chi connectivity index (χ0) is 19.0. The summed E-state index contributed by atoms with van der Waals surface area (Å²) in [5.41, 5.74) is 1.68. The summed E-state index contributed by atoms with van der Waals surface area (Å²) in [5.74, 6) is 1.38. The van der Waals surface area contributed by atoms with E-state index in [1.54, 1.807) is 18.4 Å². The van der Waals surface area contributed by atoms with Crippen molar-refractivity contribution in [2.24, 2.45) is 23.2 Å². The van der Waals surface area contributed by atoms with Crippen LogP contribution in [0.1, 0.15) is 43.0 Å². The van der Waals surface area contributed by atoms with Crippen LogP contribution in [-0.2, 0) is 9.47 Å². The number of rotatable bonds is 4. The van der Waals surface area contributed by atoms with Crippen LogP contribution in [0.4, 0.5) is 0 Å². The molecule has 1 aliphatic carbocycles. The molecule has 1 fully saturated rings. The molecular weight excluding hydrogens is 340 g/mol. The molecule has 5 atom stereocenters. The summed E-state index contributed by atoms with van der Waals surface area (Å²) in [7, 11) is 0. The molecule has 0 radical (unpaired) electrons. The number of carbonyl (C=O) groups is 1. The Morgan fingerprint density at radius 2 is 1.96 bits per heavy atom. The number of hydrogen-bond acceptors (Lipinski definition) is 4. The molecule has 1 aromatic heterocycles. The number of ether oxygens (including phenoxy) is 2. The third-order valence-corrected chi connectivity index (χ3v) is 6.55. The Labute approximate surface area is 160 Å². The van der Waals surface area contributed by atoms with Gasteiger partial charge in [0.1, 0.15) is 18.5 Å². The van der Waals surface area contributed by atoms with Crippen molar-refractivity contribution in [3.05, 3.63) is 71.7 Å². The topological polar surface area (TPSA) is 48.7 Å².